The van der Waals surface area contributed by atoms with E-state index in [9.17, 15) is 0 Å². The van der Waals surface area contributed by atoms with Crippen LogP contribution in [0.4, 0.5) is 0 Å². The lowest BCUT2D eigenvalue weighted by molar-refractivity contribution is 0.102. The Bertz CT molecular complexity index is 545. The zero-order valence-electron chi connectivity index (χ0n) is 15.2. The van der Waals surface area contributed by atoms with Gasteiger partial charge >= 0.3 is 0 Å². The zero-order chi connectivity index (χ0) is 16.4. The molecule has 1 saturated carbocycles. The number of aryl methyl sites for hydroxylation is 1. The summed E-state index contributed by atoms with van der Waals surface area (Å²) >= 11 is 0. The number of hydrogen-bond acceptors (Lipinski definition) is 3. The molecule has 1 atom stereocenters. The Morgan fingerprint density at radius 2 is 1.79 bits per heavy atom. The van der Waals surface area contributed by atoms with Crippen LogP contribution in [-0.2, 0) is 6.42 Å². The molecule has 0 spiro atoms. The lowest BCUT2D eigenvalue weighted by Gasteiger charge is -2.40. The molecule has 24 heavy (non-hydrogen) atoms. The van der Waals surface area contributed by atoms with Crippen molar-refractivity contribution < 1.29 is 4.74 Å². The largest absolute Gasteiger partial charge is 0.493 e. The molecule has 3 nitrogen and oxygen atoms in total. The molecular weight excluding hydrogens is 296 g/mol. The van der Waals surface area contributed by atoms with E-state index in [4.69, 9.17) is 4.74 Å². The maximum Gasteiger partial charge on any atom is 0.119 e. The highest BCUT2D eigenvalue weighted by molar-refractivity contribution is 5.39. The minimum absolute atomic E-state index is 0.609. The number of rotatable bonds is 4. The van der Waals surface area contributed by atoms with Crippen LogP contribution >= 0.6 is 0 Å². The van der Waals surface area contributed by atoms with Gasteiger partial charge in [0.1, 0.15) is 5.75 Å². The number of piperazine rings is 1. The molecule has 3 heteroatoms. The number of benzene rings is 1. The lowest BCUT2D eigenvalue weighted by Crippen LogP contribution is -2.46. The minimum atomic E-state index is 0.609. The van der Waals surface area contributed by atoms with E-state index >= 15 is 0 Å². The van der Waals surface area contributed by atoms with Gasteiger partial charge in [0.05, 0.1) is 6.61 Å². The first-order valence-electron chi connectivity index (χ1n) is 9.98. The fraction of sp³-hybridized carbons (Fsp3) is 0.714. The van der Waals surface area contributed by atoms with Crippen molar-refractivity contribution in [3.63, 3.8) is 0 Å². The van der Waals surface area contributed by atoms with E-state index in [0.29, 0.717) is 6.04 Å². The van der Waals surface area contributed by atoms with Crippen LogP contribution in [0.3, 0.4) is 0 Å². The second-order valence-electron chi connectivity index (χ2n) is 8.07. The maximum atomic E-state index is 6.18. The summed E-state index contributed by atoms with van der Waals surface area (Å²) < 4.78 is 6.18. The van der Waals surface area contributed by atoms with Gasteiger partial charge in [-0.25, -0.2) is 0 Å². The maximum absolute atomic E-state index is 6.18. The van der Waals surface area contributed by atoms with Crippen molar-refractivity contribution in [2.45, 2.75) is 51.0 Å². The van der Waals surface area contributed by atoms with Gasteiger partial charge in [-0.1, -0.05) is 18.9 Å². The van der Waals surface area contributed by atoms with E-state index in [2.05, 4.69) is 35.0 Å². The smallest absolute Gasteiger partial charge is 0.119 e. The Labute approximate surface area is 147 Å². The standard InChI is InChI=1S/C21H32N2O/c1-22-11-13-23(14-12-22)21-8-4-7-18-9-10-19(15-20(18)21)24-16-17-5-2-3-6-17/h9-10,15,17,21H,2-8,11-14,16H2,1H3. The molecule has 132 valence electrons. The second kappa shape index (κ2) is 7.45. The van der Waals surface area contributed by atoms with Crippen molar-refractivity contribution in [3.8, 4) is 5.75 Å². The van der Waals surface area contributed by atoms with Crippen molar-refractivity contribution in [1.82, 2.24) is 9.80 Å². The predicted molar refractivity (Wildman–Crippen MR) is 98.6 cm³/mol. The molecule has 0 radical (unpaired) electrons. The van der Waals surface area contributed by atoms with Gasteiger partial charge in [-0.2, -0.15) is 0 Å². The molecule has 4 rings (SSSR count). The van der Waals surface area contributed by atoms with Gasteiger partial charge < -0.3 is 9.64 Å². The van der Waals surface area contributed by atoms with Gasteiger partial charge in [-0.3, -0.25) is 4.90 Å². The third-order valence-corrected chi connectivity index (χ3v) is 6.34. The van der Waals surface area contributed by atoms with Crippen LogP contribution in [-0.4, -0.2) is 49.6 Å². The first-order valence-corrected chi connectivity index (χ1v) is 9.98. The first kappa shape index (κ1) is 16.4. The van der Waals surface area contributed by atoms with E-state index in [0.717, 1.165) is 18.3 Å². The van der Waals surface area contributed by atoms with E-state index in [1.807, 2.05) is 0 Å². The number of ether oxygens (including phenoxy) is 1. The lowest BCUT2D eigenvalue weighted by atomic mass is 9.86. The number of likely N-dealkylation sites (N-methyl/N-ethyl adjacent to an activating group) is 1. The zero-order valence-corrected chi connectivity index (χ0v) is 15.2. The first-order chi connectivity index (χ1) is 11.8. The van der Waals surface area contributed by atoms with Crippen LogP contribution in [0, 0.1) is 5.92 Å². The topological polar surface area (TPSA) is 15.7 Å². The minimum Gasteiger partial charge on any atom is -0.493 e. The summed E-state index contributed by atoms with van der Waals surface area (Å²) in [5.74, 6) is 1.89. The molecule has 2 aliphatic carbocycles. The van der Waals surface area contributed by atoms with Gasteiger partial charge in [0, 0.05) is 32.2 Å². The molecule has 0 N–H and O–H groups in total. The molecule has 0 bridgehead atoms. The number of nitrogens with zero attached hydrogens (tertiary/aromatic N) is 2. The highest BCUT2D eigenvalue weighted by atomic mass is 16.5. The van der Waals surface area contributed by atoms with Gasteiger partial charge in [0.2, 0.25) is 0 Å². The summed E-state index contributed by atoms with van der Waals surface area (Å²) in [4.78, 5) is 5.15. The summed E-state index contributed by atoms with van der Waals surface area (Å²) in [6, 6.07) is 7.52. The molecule has 0 amide bonds. The molecule has 2 fully saturated rings. The SMILES string of the molecule is CN1CCN(C2CCCc3ccc(OCC4CCCC4)cc32)CC1. The summed E-state index contributed by atoms with van der Waals surface area (Å²) in [6.07, 6.45) is 9.37. The molecule has 1 aromatic rings. The summed E-state index contributed by atoms with van der Waals surface area (Å²) in [5.41, 5.74) is 3.10. The molecule has 1 aliphatic heterocycles. The molecule has 1 aromatic carbocycles. The van der Waals surface area contributed by atoms with E-state index in [1.165, 1.54) is 71.1 Å². The van der Waals surface area contributed by atoms with Gasteiger partial charge in [-0.15, -0.1) is 0 Å². The average Bonchev–Trinajstić information content (AvgIpc) is 3.14. The number of fused-ring (bicyclic) bond motifs is 1. The van der Waals surface area contributed by atoms with Crippen LogP contribution in [0.5, 0.6) is 5.75 Å². The van der Waals surface area contributed by atoms with Crippen molar-refractivity contribution in [3.05, 3.63) is 29.3 Å². The highest BCUT2D eigenvalue weighted by Crippen LogP contribution is 2.37. The molecule has 0 aromatic heterocycles. The Kier molecular flexibility index (Phi) is 5.09. The molecule has 1 unspecified atom stereocenters. The highest BCUT2D eigenvalue weighted by Gasteiger charge is 2.28. The third kappa shape index (κ3) is 3.62. The van der Waals surface area contributed by atoms with Crippen molar-refractivity contribution in [1.29, 1.82) is 0 Å². The van der Waals surface area contributed by atoms with Gasteiger partial charge in [-0.05, 0) is 68.3 Å². The van der Waals surface area contributed by atoms with E-state index in [-0.39, 0.29) is 0 Å². The summed E-state index contributed by atoms with van der Waals surface area (Å²) in [5, 5.41) is 0. The quantitative estimate of drug-likeness (QED) is 0.834. The third-order valence-electron chi connectivity index (χ3n) is 6.34. The average molecular weight is 329 g/mol. The Balaban J connectivity index is 1.46. The second-order valence-corrected chi connectivity index (χ2v) is 8.07. The van der Waals surface area contributed by atoms with Crippen LogP contribution in [0.25, 0.3) is 0 Å². The Morgan fingerprint density at radius 3 is 2.58 bits per heavy atom. The van der Waals surface area contributed by atoms with E-state index in [1.54, 1.807) is 11.1 Å². The summed E-state index contributed by atoms with van der Waals surface area (Å²) in [7, 11) is 2.24. The Hall–Kier alpha value is -1.06. The van der Waals surface area contributed by atoms with Crippen LogP contribution < -0.4 is 4.74 Å². The van der Waals surface area contributed by atoms with Crippen LogP contribution in [0.15, 0.2) is 18.2 Å². The molecule has 3 aliphatic rings. The van der Waals surface area contributed by atoms with Crippen LogP contribution in [0.2, 0.25) is 0 Å². The fourth-order valence-electron chi connectivity index (χ4n) is 4.75. The molecule has 1 saturated heterocycles. The predicted octanol–water partition coefficient (Wildman–Crippen LogP) is 3.88. The monoisotopic (exact) mass is 328 g/mol. The van der Waals surface area contributed by atoms with Crippen molar-refractivity contribution in [2.24, 2.45) is 5.92 Å². The Morgan fingerprint density at radius 1 is 1.00 bits per heavy atom. The molecule has 1 heterocycles. The fourth-order valence-corrected chi connectivity index (χ4v) is 4.75. The van der Waals surface area contributed by atoms with Crippen molar-refractivity contribution >= 4 is 0 Å². The normalized spacial score (nSPS) is 26.5. The van der Waals surface area contributed by atoms with Crippen LogP contribution in [0.1, 0.15) is 55.7 Å². The van der Waals surface area contributed by atoms with Gasteiger partial charge in [0.25, 0.3) is 0 Å². The van der Waals surface area contributed by atoms with E-state index < -0.39 is 0 Å². The number of hydrogen-bond donors (Lipinski definition) is 0. The van der Waals surface area contributed by atoms with Gasteiger partial charge in [0.15, 0.2) is 0 Å². The van der Waals surface area contributed by atoms with Crippen molar-refractivity contribution in [2.75, 3.05) is 39.8 Å². The molecular formula is C21H32N2O. The summed E-state index contributed by atoms with van der Waals surface area (Å²) in [6.45, 7) is 5.72.